The van der Waals surface area contributed by atoms with Crippen LogP contribution in [0.2, 0.25) is 0 Å². The van der Waals surface area contributed by atoms with Crippen LogP contribution >= 0.6 is 11.8 Å². The topological polar surface area (TPSA) is 90.2 Å². The van der Waals surface area contributed by atoms with Crippen molar-refractivity contribution in [1.82, 2.24) is 0 Å². The smallest absolute Gasteiger partial charge is 0.136 e. The Kier molecular flexibility index (Phi) is 5.76. The molecule has 1 aromatic rings. The van der Waals surface area contributed by atoms with E-state index in [2.05, 4.69) is 32.9 Å². The lowest BCUT2D eigenvalue weighted by Gasteiger charge is -2.39. The van der Waals surface area contributed by atoms with Crippen molar-refractivity contribution in [3.8, 4) is 0 Å². The second kappa shape index (κ2) is 7.09. The molecule has 130 valence electrons. The molecule has 5 nitrogen and oxygen atoms in total. The molecule has 0 aromatic heterocycles. The standard InChI is InChI=1S/C17H26O5S/c1-9-5-6-10(17(2,3)4)7-12(9)23-16-15(21)14(20)13(19)11(8-18)22-16/h5-7,11,13-16,18-21H,8H2,1-4H3/t11-,13-,14+,15-,16?/m1/s1. The number of rotatable bonds is 3. The summed E-state index contributed by atoms with van der Waals surface area (Å²) in [5.74, 6) is 0. The van der Waals surface area contributed by atoms with E-state index in [0.29, 0.717) is 0 Å². The fourth-order valence-corrected chi connectivity index (χ4v) is 3.68. The Bertz CT molecular complexity index is 540. The lowest BCUT2D eigenvalue weighted by atomic mass is 9.87. The zero-order valence-electron chi connectivity index (χ0n) is 13.9. The summed E-state index contributed by atoms with van der Waals surface area (Å²) in [7, 11) is 0. The summed E-state index contributed by atoms with van der Waals surface area (Å²) in [6.45, 7) is 7.93. The van der Waals surface area contributed by atoms with Gasteiger partial charge in [-0.15, -0.1) is 0 Å². The maximum atomic E-state index is 10.2. The number of aliphatic hydroxyl groups is 4. The van der Waals surface area contributed by atoms with E-state index in [4.69, 9.17) is 4.74 Å². The van der Waals surface area contributed by atoms with E-state index in [1.807, 2.05) is 13.0 Å². The minimum atomic E-state index is -1.34. The Hall–Kier alpha value is -0.630. The highest BCUT2D eigenvalue weighted by molar-refractivity contribution is 7.99. The van der Waals surface area contributed by atoms with E-state index in [9.17, 15) is 20.4 Å². The summed E-state index contributed by atoms with van der Waals surface area (Å²) in [4.78, 5) is 0.946. The Morgan fingerprint density at radius 1 is 1.09 bits per heavy atom. The van der Waals surface area contributed by atoms with Crippen LogP contribution in [0.25, 0.3) is 0 Å². The zero-order chi connectivity index (χ0) is 17.4. The molecule has 1 unspecified atom stereocenters. The third-order valence-corrected chi connectivity index (χ3v) is 5.46. The fraction of sp³-hybridized carbons (Fsp3) is 0.647. The molecule has 4 N–H and O–H groups in total. The van der Waals surface area contributed by atoms with Gasteiger partial charge in [0.05, 0.1) is 6.61 Å². The van der Waals surface area contributed by atoms with E-state index < -0.39 is 36.5 Å². The molecule has 0 radical (unpaired) electrons. The summed E-state index contributed by atoms with van der Waals surface area (Å²) in [5.41, 5.74) is 1.45. The SMILES string of the molecule is Cc1ccc(C(C)(C)C)cc1SC1O[C@H](CO)[C@@H](O)[C@H](O)[C@H]1O. The van der Waals surface area contributed by atoms with Crippen molar-refractivity contribution in [2.75, 3.05) is 6.61 Å². The Labute approximate surface area is 141 Å². The fourth-order valence-electron chi connectivity index (χ4n) is 2.48. The number of ether oxygens (including phenoxy) is 1. The predicted octanol–water partition coefficient (Wildman–Crippen LogP) is 1.18. The van der Waals surface area contributed by atoms with Crippen LogP contribution in [0.4, 0.5) is 0 Å². The van der Waals surface area contributed by atoms with Crippen molar-refractivity contribution < 1.29 is 25.2 Å². The lowest BCUT2D eigenvalue weighted by Crippen LogP contribution is -2.57. The van der Waals surface area contributed by atoms with Crippen LogP contribution in [0.1, 0.15) is 31.9 Å². The molecule has 1 aromatic carbocycles. The first-order valence-electron chi connectivity index (χ1n) is 7.73. The monoisotopic (exact) mass is 342 g/mol. The number of aryl methyl sites for hydroxylation is 1. The lowest BCUT2D eigenvalue weighted by molar-refractivity contribution is -0.205. The number of thioether (sulfide) groups is 1. The number of hydrogen-bond acceptors (Lipinski definition) is 6. The largest absolute Gasteiger partial charge is 0.394 e. The number of benzene rings is 1. The molecule has 5 atom stereocenters. The van der Waals surface area contributed by atoms with Crippen LogP contribution in [0.5, 0.6) is 0 Å². The van der Waals surface area contributed by atoms with Crippen LogP contribution in [-0.4, -0.2) is 56.9 Å². The summed E-state index contributed by atoms with van der Waals surface area (Å²) in [6, 6.07) is 6.15. The maximum Gasteiger partial charge on any atom is 0.136 e. The third kappa shape index (κ3) is 4.07. The molecule has 0 bridgehead atoms. The third-order valence-electron chi connectivity index (χ3n) is 4.15. The van der Waals surface area contributed by atoms with Crippen LogP contribution in [0.15, 0.2) is 23.1 Å². The molecule has 23 heavy (non-hydrogen) atoms. The Morgan fingerprint density at radius 3 is 2.30 bits per heavy atom. The van der Waals surface area contributed by atoms with E-state index in [0.717, 1.165) is 16.0 Å². The van der Waals surface area contributed by atoms with Gasteiger partial charge < -0.3 is 25.2 Å². The molecule has 6 heteroatoms. The maximum absolute atomic E-state index is 10.2. The van der Waals surface area contributed by atoms with Crippen molar-refractivity contribution >= 4 is 11.8 Å². The van der Waals surface area contributed by atoms with Gasteiger partial charge in [-0.05, 0) is 29.5 Å². The quantitative estimate of drug-likeness (QED) is 0.660. The summed E-state index contributed by atoms with van der Waals surface area (Å²) < 4.78 is 5.57. The first-order chi connectivity index (χ1) is 10.6. The molecule has 0 aliphatic carbocycles. The second-order valence-electron chi connectivity index (χ2n) is 7.05. The first kappa shape index (κ1) is 18.7. The second-order valence-corrected chi connectivity index (χ2v) is 8.19. The van der Waals surface area contributed by atoms with Crippen molar-refractivity contribution in [2.45, 2.75) is 67.9 Å². The van der Waals surface area contributed by atoms with E-state index >= 15 is 0 Å². The van der Waals surface area contributed by atoms with Gasteiger partial charge in [0.15, 0.2) is 0 Å². The zero-order valence-corrected chi connectivity index (χ0v) is 14.7. The van der Waals surface area contributed by atoms with Crippen LogP contribution < -0.4 is 0 Å². The van der Waals surface area contributed by atoms with Gasteiger partial charge >= 0.3 is 0 Å². The summed E-state index contributed by atoms with van der Waals surface area (Å²) in [5, 5.41) is 39.2. The molecule has 1 saturated heterocycles. The average Bonchev–Trinajstić information content (AvgIpc) is 2.48. The number of hydrogen-bond donors (Lipinski definition) is 4. The first-order valence-corrected chi connectivity index (χ1v) is 8.61. The molecule has 0 amide bonds. The molecular formula is C17H26O5S. The van der Waals surface area contributed by atoms with Crippen LogP contribution in [0.3, 0.4) is 0 Å². The van der Waals surface area contributed by atoms with Crippen molar-refractivity contribution in [2.24, 2.45) is 0 Å². The summed E-state index contributed by atoms with van der Waals surface area (Å²) in [6.07, 6.45) is -4.77. The highest BCUT2D eigenvalue weighted by Gasteiger charge is 2.43. The van der Waals surface area contributed by atoms with Crippen molar-refractivity contribution in [3.63, 3.8) is 0 Å². The highest BCUT2D eigenvalue weighted by atomic mass is 32.2. The normalized spacial score (nSPS) is 32.1. The molecule has 1 heterocycles. The minimum Gasteiger partial charge on any atom is -0.394 e. The Balaban J connectivity index is 2.24. The van der Waals surface area contributed by atoms with Gasteiger partial charge in [-0.2, -0.15) is 0 Å². The van der Waals surface area contributed by atoms with Gasteiger partial charge in [-0.3, -0.25) is 0 Å². The molecule has 1 aliphatic rings. The summed E-state index contributed by atoms with van der Waals surface area (Å²) >= 11 is 1.30. The van der Waals surface area contributed by atoms with E-state index in [1.54, 1.807) is 0 Å². The van der Waals surface area contributed by atoms with Gasteiger partial charge in [0.25, 0.3) is 0 Å². The van der Waals surface area contributed by atoms with E-state index in [-0.39, 0.29) is 5.41 Å². The molecule has 1 aliphatic heterocycles. The molecule has 0 spiro atoms. The van der Waals surface area contributed by atoms with E-state index in [1.165, 1.54) is 11.8 Å². The van der Waals surface area contributed by atoms with Crippen LogP contribution in [0, 0.1) is 6.92 Å². The van der Waals surface area contributed by atoms with Gasteiger partial charge in [0.1, 0.15) is 29.9 Å². The van der Waals surface area contributed by atoms with Gasteiger partial charge in [0, 0.05) is 4.90 Å². The van der Waals surface area contributed by atoms with Gasteiger partial charge in [0.2, 0.25) is 0 Å². The van der Waals surface area contributed by atoms with Crippen molar-refractivity contribution in [1.29, 1.82) is 0 Å². The van der Waals surface area contributed by atoms with Crippen molar-refractivity contribution in [3.05, 3.63) is 29.3 Å². The molecular weight excluding hydrogens is 316 g/mol. The highest BCUT2D eigenvalue weighted by Crippen LogP contribution is 2.36. The minimum absolute atomic E-state index is 0.00160. The predicted molar refractivity (Wildman–Crippen MR) is 89.5 cm³/mol. The van der Waals surface area contributed by atoms with Gasteiger partial charge in [-0.1, -0.05) is 44.7 Å². The molecule has 0 saturated carbocycles. The Morgan fingerprint density at radius 2 is 1.74 bits per heavy atom. The molecule has 1 fully saturated rings. The number of aliphatic hydroxyl groups excluding tert-OH is 4. The molecule has 2 rings (SSSR count). The van der Waals surface area contributed by atoms with Gasteiger partial charge in [-0.25, -0.2) is 0 Å². The van der Waals surface area contributed by atoms with Crippen LogP contribution in [-0.2, 0) is 10.2 Å². The average molecular weight is 342 g/mol.